The monoisotopic (exact) mass is 306 g/mol. The van der Waals surface area contributed by atoms with Crippen LogP contribution in [0.25, 0.3) is 0 Å². The van der Waals surface area contributed by atoms with Gasteiger partial charge in [0, 0.05) is 6.54 Å². The van der Waals surface area contributed by atoms with E-state index in [9.17, 15) is 9.90 Å². The Morgan fingerprint density at radius 1 is 1.36 bits per heavy atom. The van der Waals surface area contributed by atoms with Gasteiger partial charge in [-0.15, -0.1) is 0 Å². The topological polar surface area (TPSA) is 70.6 Å². The third kappa shape index (κ3) is 5.22. The molecule has 0 radical (unpaired) electrons. The van der Waals surface area contributed by atoms with Crippen LogP contribution in [0.2, 0.25) is 0 Å². The summed E-state index contributed by atoms with van der Waals surface area (Å²) in [4.78, 5) is 12.0. The van der Waals surface area contributed by atoms with Crippen LogP contribution in [0.15, 0.2) is 24.3 Å². The van der Waals surface area contributed by atoms with E-state index in [1.54, 1.807) is 0 Å². The lowest BCUT2D eigenvalue weighted by Crippen LogP contribution is -2.35. The predicted molar refractivity (Wildman–Crippen MR) is 87.2 cm³/mol. The fraction of sp³-hybridized carbons (Fsp3) is 0.588. The van der Waals surface area contributed by atoms with Crippen LogP contribution in [0.3, 0.4) is 0 Å². The highest BCUT2D eigenvalue weighted by atomic mass is 16.5. The minimum absolute atomic E-state index is 0.216. The molecule has 5 nitrogen and oxygen atoms in total. The summed E-state index contributed by atoms with van der Waals surface area (Å²) in [5, 5.41) is 15.4. The van der Waals surface area contributed by atoms with Gasteiger partial charge in [0.2, 0.25) is 0 Å². The van der Waals surface area contributed by atoms with E-state index >= 15 is 0 Å². The fourth-order valence-electron chi connectivity index (χ4n) is 2.76. The quantitative estimate of drug-likeness (QED) is 0.756. The second-order valence-corrected chi connectivity index (χ2v) is 5.87. The summed E-state index contributed by atoms with van der Waals surface area (Å²) in [5.74, 6) is 1.05. The average molecular weight is 306 g/mol. The maximum atomic E-state index is 12.0. The molecule has 0 bridgehead atoms. The zero-order chi connectivity index (χ0) is 15.8. The Hall–Kier alpha value is -1.75. The summed E-state index contributed by atoms with van der Waals surface area (Å²) < 4.78 is 5.62. The number of amides is 2. The van der Waals surface area contributed by atoms with Crippen LogP contribution in [0.4, 0.5) is 10.5 Å². The van der Waals surface area contributed by atoms with Gasteiger partial charge in [0.15, 0.2) is 0 Å². The van der Waals surface area contributed by atoms with Crippen molar-refractivity contribution in [2.45, 2.75) is 45.1 Å². The first kappa shape index (κ1) is 16.6. The SMILES string of the molecule is CCCOc1ccccc1NC(=O)NCC1CCCC(O)C1. The van der Waals surface area contributed by atoms with Gasteiger partial charge in [0.05, 0.1) is 18.4 Å². The van der Waals surface area contributed by atoms with Crippen molar-refractivity contribution in [3.63, 3.8) is 0 Å². The zero-order valence-electron chi connectivity index (χ0n) is 13.2. The van der Waals surface area contributed by atoms with Crippen molar-refractivity contribution in [1.82, 2.24) is 5.32 Å². The number of para-hydroxylation sites is 2. The molecule has 2 unspecified atom stereocenters. The molecule has 0 saturated heterocycles. The summed E-state index contributed by atoms with van der Waals surface area (Å²) in [6.45, 7) is 3.27. The molecule has 1 aliphatic carbocycles. The van der Waals surface area contributed by atoms with Gasteiger partial charge in [-0.25, -0.2) is 4.79 Å². The predicted octanol–water partition coefficient (Wildman–Crippen LogP) is 3.15. The van der Waals surface area contributed by atoms with Gasteiger partial charge >= 0.3 is 6.03 Å². The van der Waals surface area contributed by atoms with Crippen LogP contribution >= 0.6 is 0 Å². The molecule has 2 atom stereocenters. The molecule has 0 spiro atoms. The van der Waals surface area contributed by atoms with Crippen LogP contribution in [0.5, 0.6) is 5.75 Å². The van der Waals surface area contributed by atoms with Gasteiger partial charge in [-0.05, 0) is 43.7 Å². The van der Waals surface area contributed by atoms with Crippen LogP contribution in [-0.4, -0.2) is 30.4 Å². The van der Waals surface area contributed by atoms with E-state index in [-0.39, 0.29) is 12.1 Å². The Balaban J connectivity index is 1.81. The number of ether oxygens (including phenoxy) is 1. The Morgan fingerprint density at radius 3 is 2.95 bits per heavy atom. The lowest BCUT2D eigenvalue weighted by atomic mass is 9.87. The third-order valence-electron chi connectivity index (χ3n) is 3.90. The first-order valence-electron chi connectivity index (χ1n) is 8.13. The van der Waals surface area contributed by atoms with Gasteiger partial charge < -0.3 is 20.5 Å². The number of nitrogens with one attached hydrogen (secondary N) is 2. The first-order chi connectivity index (χ1) is 10.7. The maximum absolute atomic E-state index is 12.0. The Bertz CT molecular complexity index is 479. The van der Waals surface area contributed by atoms with Crippen LogP contribution in [0.1, 0.15) is 39.0 Å². The van der Waals surface area contributed by atoms with E-state index in [4.69, 9.17) is 4.74 Å². The van der Waals surface area contributed by atoms with Crippen molar-refractivity contribution in [1.29, 1.82) is 0 Å². The van der Waals surface area contributed by atoms with Gasteiger partial charge in [-0.3, -0.25) is 0 Å². The van der Waals surface area contributed by atoms with Crippen molar-refractivity contribution in [2.24, 2.45) is 5.92 Å². The maximum Gasteiger partial charge on any atom is 0.319 e. The molecule has 122 valence electrons. The summed E-state index contributed by atoms with van der Waals surface area (Å²) in [5.41, 5.74) is 0.678. The van der Waals surface area contributed by atoms with Crippen molar-refractivity contribution in [3.05, 3.63) is 24.3 Å². The fourth-order valence-corrected chi connectivity index (χ4v) is 2.76. The highest BCUT2D eigenvalue weighted by Crippen LogP contribution is 2.25. The number of aliphatic hydroxyl groups excluding tert-OH is 1. The standard InChI is InChI=1S/C17H26N2O3/c1-2-10-22-16-9-4-3-8-15(16)19-17(21)18-12-13-6-5-7-14(20)11-13/h3-4,8-9,13-14,20H,2,5-7,10-12H2,1H3,(H2,18,19,21). The smallest absolute Gasteiger partial charge is 0.319 e. The van der Waals surface area contributed by atoms with Crippen molar-refractivity contribution < 1.29 is 14.6 Å². The number of carbonyl (C=O) groups excluding carboxylic acids is 1. The third-order valence-corrected chi connectivity index (χ3v) is 3.90. The molecular weight excluding hydrogens is 280 g/mol. The van der Waals surface area contributed by atoms with Crippen molar-refractivity contribution in [2.75, 3.05) is 18.5 Å². The van der Waals surface area contributed by atoms with Crippen LogP contribution in [0, 0.1) is 5.92 Å². The summed E-state index contributed by atoms with van der Waals surface area (Å²) in [6.07, 6.45) is 4.45. The summed E-state index contributed by atoms with van der Waals surface area (Å²) in [7, 11) is 0. The van der Waals surface area contributed by atoms with Crippen LogP contribution in [-0.2, 0) is 0 Å². The van der Waals surface area contributed by atoms with Gasteiger partial charge in [0.25, 0.3) is 0 Å². The van der Waals surface area contributed by atoms with Gasteiger partial charge in [-0.1, -0.05) is 25.5 Å². The lowest BCUT2D eigenvalue weighted by Gasteiger charge is -2.26. The minimum atomic E-state index is -0.229. The normalized spacial score (nSPS) is 21.2. The molecule has 0 heterocycles. The number of anilines is 1. The molecule has 1 aliphatic rings. The molecule has 22 heavy (non-hydrogen) atoms. The first-order valence-corrected chi connectivity index (χ1v) is 8.13. The molecule has 1 saturated carbocycles. The molecule has 0 aliphatic heterocycles. The van der Waals surface area contributed by atoms with Gasteiger partial charge in [-0.2, -0.15) is 0 Å². The number of hydrogen-bond acceptors (Lipinski definition) is 3. The Labute approximate surface area is 132 Å². The summed E-state index contributed by atoms with van der Waals surface area (Å²) >= 11 is 0. The molecule has 2 amide bonds. The van der Waals surface area contributed by atoms with Crippen molar-refractivity contribution in [3.8, 4) is 5.75 Å². The van der Waals surface area contributed by atoms with E-state index < -0.39 is 0 Å². The van der Waals surface area contributed by atoms with Crippen molar-refractivity contribution >= 4 is 11.7 Å². The highest BCUT2D eigenvalue weighted by molar-refractivity contribution is 5.90. The molecule has 1 aromatic carbocycles. The highest BCUT2D eigenvalue weighted by Gasteiger charge is 2.20. The number of urea groups is 1. The largest absolute Gasteiger partial charge is 0.491 e. The van der Waals surface area contributed by atoms with E-state index in [0.717, 1.165) is 32.1 Å². The minimum Gasteiger partial charge on any atom is -0.491 e. The van der Waals surface area contributed by atoms with Gasteiger partial charge in [0.1, 0.15) is 5.75 Å². The average Bonchev–Trinajstić information content (AvgIpc) is 2.52. The zero-order valence-corrected chi connectivity index (χ0v) is 13.2. The van der Waals surface area contributed by atoms with E-state index in [1.165, 1.54) is 0 Å². The van der Waals surface area contributed by atoms with E-state index in [1.807, 2.05) is 31.2 Å². The van der Waals surface area contributed by atoms with E-state index in [0.29, 0.717) is 30.5 Å². The lowest BCUT2D eigenvalue weighted by molar-refractivity contribution is 0.101. The molecule has 5 heteroatoms. The molecular formula is C17H26N2O3. The number of carbonyl (C=O) groups is 1. The van der Waals surface area contributed by atoms with E-state index in [2.05, 4.69) is 10.6 Å². The molecule has 2 rings (SSSR count). The Kier molecular flexibility index (Phi) is 6.52. The second kappa shape index (κ2) is 8.63. The number of rotatable bonds is 6. The molecule has 3 N–H and O–H groups in total. The second-order valence-electron chi connectivity index (χ2n) is 5.87. The summed E-state index contributed by atoms with van der Waals surface area (Å²) in [6, 6.07) is 7.20. The number of benzene rings is 1. The number of aliphatic hydroxyl groups is 1. The Morgan fingerprint density at radius 2 is 2.18 bits per heavy atom. The molecule has 1 fully saturated rings. The van der Waals surface area contributed by atoms with Crippen LogP contribution < -0.4 is 15.4 Å². The number of hydrogen-bond donors (Lipinski definition) is 3. The molecule has 0 aromatic heterocycles. The molecule has 1 aromatic rings.